The molecular weight excluding hydrogens is 242 g/mol. The quantitative estimate of drug-likeness (QED) is 0.846. The van der Waals surface area contributed by atoms with Crippen LogP contribution < -0.4 is 10.1 Å². The first-order chi connectivity index (χ1) is 9.20. The van der Waals surface area contributed by atoms with Crippen LogP contribution in [-0.2, 0) is 20.2 Å². The molecule has 0 spiro atoms. The van der Waals surface area contributed by atoms with Crippen LogP contribution in [-0.4, -0.2) is 26.3 Å². The number of nitrogens with zero attached hydrogens (tertiary/aromatic N) is 4. The Morgan fingerprint density at radius 1 is 1.32 bits per heavy atom. The van der Waals surface area contributed by atoms with E-state index in [0.717, 1.165) is 36.2 Å². The molecule has 0 aliphatic rings. The molecule has 6 nitrogen and oxygen atoms in total. The maximum Gasteiger partial charge on any atom is 0.170 e. The summed E-state index contributed by atoms with van der Waals surface area (Å²) in [5, 5.41) is 11.3. The largest absolute Gasteiger partial charge is 0.484 e. The molecule has 0 radical (unpaired) electrons. The molecular formula is C13H19N5O. The van der Waals surface area contributed by atoms with Gasteiger partial charge in [-0.2, -0.15) is 0 Å². The highest BCUT2D eigenvalue weighted by atomic mass is 16.5. The standard InChI is InChI=1S/C13H19N5O/c1-4-14-7-11-5-6-12(8-15-11)19-9-13-17-16-10(2)18(13)3/h5-6,8,14H,4,7,9H2,1-3H3. The molecule has 0 saturated heterocycles. The molecule has 1 N–H and O–H groups in total. The second-order valence-corrected chi connectivity index (χ2v) is 4.28. The van der Waals surface area contributed by atoms with Crippen LogP contribution in [0.25, 0.3) is 0 Å². The van der Waals surface area contributed by atoms with Crippen LogP contribution in [0.1, 0.15) is 24.3 Å². The van der Waals surface area contributed by atoms with Gasteiger partial charge in [0.05, 0.1) is 11.9 Å². The van der Waals surface area contributed by atoms with Crippen LogP contribution >= 0.6 is 0 Å². The third-order valence-electron chi connectivity index (χ3n) is 2.90. The van der Waals surface area contributed by atoms with Gasteiger partial charge in [-0.1, -0.05) is 6.92 Å². The van der Waals surface area contributed by atoms with E-state index in [1.165, 1.54) is 0 Å². The van der Waals surface area contributed by atoms with Crippen molar-refractivity contribution in [2.75, 3.05) is 6.54 Å². The Labute approximate surface area is 112 Å². The van der Waals surface area contributed by atoms with Gasteiger partial charge in [0.2, 0.25) is 0 Å². The third-order valence-corrected chi connectivity index (χ3v) is 2.90. The summed E-state index contributed by atoms with van der Waals surface area (Å²) >= 11 is 0. The van der Waals surface area contributed by atoms with Gasteiger partial charge >= 0.3 is 0 Å². The zero-order chi connectivity index (χ0) is 13.7. The van der Waals surface area contributed by atoms with E-state index in [-0.39, 0.29) is 0 Å². The second kappa shape index (κ2) is 6.29. The first-order valence-electron chi connectivity index (χ1n) is 6.34. The summed E-state index contributed by atoms with van der Waals surface area (Å²) in [6.07, 6.45) is 1.73. The number of aromatic nitrogens is 4. The zero-order valence-corrected chi connectivity index (χ0v) is 11.6. The highest BCUT2D eigenvalue weighted by molar-refractivity contribution is 5.20. The number of nitrogens with one attached hydrogen (secondary N) is 1. The molecule has 102 valence electrons. The fraction of sp³-hybridized carbons (Fsp3) is 0.462. The summed E-state index contributed by atoms with van der Waals surface area (Å²) in [6, 6.07) is 3.88. The molecule has 0 unspecified atom stereocenters. The molecule has 19 heavy (non-hydrogen) atoms. The molecule has 0 bridgehead atoms. The summed E-state index contributed by atoms with van der Waals surface area (Å²) in [5.74, 6) is 2.41. The van der Waals surface area contributed by atoms with E-state index in [1.807, 2.05) is 30.7 Å². The van der Waals surface area contributed by atoms with Crippen molar-refractivity contribution in [1.29, 1.82) is 0 Å². The van der Waals surface area contributed by atoms with E-state index in [9.17, 15) is 0 Å². The van der Waals surface area contributed by atoms with Crippen LogP contribution in [0.4, 0.5) is 0 Å². The van der Waals surface area contributed by atoms with Crippen molar-refractivity contribution in [2.24, 2.45) is 7.05 Å². The predicted octanol–water partition coefficient (Wildman–Crippen LogP) is 1.21. The van der Waals surface area contributed by atoms with Gasteiger partial charge in [-0.25, -0.2) is 0 Å². The minimum absolute atomic E-state index is 0.394. The summed E-state index contributed by atoms with van der Waals surface area (Å²) in [6.45, 7) is 6.09. The molecule has 0 atom stereocenters. The first kappa shape index (κ1) is 13.5. The first-order valence-corrected chi connectivity index (χ1v) is 6.34. The summed E-state index contributed by atoms with van der Waals surface area (Å²) in [5.41, 5.74) is 1.00. The van der Waals surface area contributed by atoms with Crippen molar-refractivity contribution in [1.82, 2.24) is 25.1 Å². The van der Waals surface area contributed by atoms with Gasteiger partial charge in [0.25, 0.3) is 0 Å². The molecule has 0 amide bonds. The number of rotatable bonds is 6. The SMILES string of the molecule is CCNCc1ccc(OCc2nnc(C)n2C)cn1. The molecule has 0 fully saturated rings. The van der Waals surface area contributed by atoms with Crippen molar-refractivity contribution in [3.05, 3.63) is 35.7 Å². The smallest absolute Gasteiger partial charge is 0.170 e. The minimum Gasteiger partial charge on any atom is -0.484 e. The molecule has 2 aromatic rings. The van der Waals surface area contributed by atoms with Crippen molar-refractivity contribution in [2.45, 2.75) is 27.0 Å². The van der Waals surface area contributed by atoms with E-state index in [0.29, 0.717) is 6.61 Å². The van der Waals surface area contributed by atoms with Crippen LogP contribution in [0.5, 0.6) is 5.75 Å². The van der Waals surface area contributed by atoms with Gasteiger partial charge < -0.3 is 14.6 Å². The average Bonchev–Trinajstić information content (AvgIpc) is 2.75. The van der Waals surface area contributed by atoms with Crippen LogP contribution in [0.15, 0.2) is 18.3 Å². The fourth-order valence-corrected chi connectivity index (χ4v) is 1.58. The minimum atomic E-state index is 0.394. The molecule has 0 aliphatic carbocycles. The second-order valence-electron chi connectivity index (χ2n) is 4.28. The van der Waals surface area contributed by atoms with Crippen molar-refractivity contribution >= 4 is 0 Å². The van der Waals surface area contributed by atoms with Crippen molar-refractivity contribution in [3.8, 4) is 5.75 Å². The lowest BCUT2D eigenvalue weighted by Gasteiger charge is -2.06. The van der Waals surface area contributed by atoms with Gasteiger partial charge in [0.1, 0.15) is 18.2 Å². The Balaban J connectivity index is 1.91. The third kappa shape index (κ3) is 3.51. The van der Waals surface area contributed by atoms with Crippen LogP contribution in [0.2, 0.25) is 0 Å². The molecule has 0 aromatic carbocycles. The molecule has 0 aliphatic heterocycles. The molecule has 2 aromatic heterocycles. The van der Waals surface area contributed by atoms with Crippen molar-refractivity contribution in [3.63, 3.8) is 0 Å². The van der Waals surface area contributed by atoms with Gasteiger partial charge in [-0.15, -0.1) is 10.2 Å². The molecule has 2 heterocycles. The normalized spacial score (nSPS) is 10.7. The van der Waals surface area contributed by atoms with Gasteiger partial charge in [0, 0.05) is 13.6 Å². The Bertz CT molecular complexity index is 520. The summed E-state index contributed by atoms with van der Waals surface area (Å²) in [4.78, 5) is 4.33. The van der Waals surface area contributed by atoms with Gasteiger partial charge in [-0.05, 0) is 25.6 Å². The Hall–Kier alpha value is -1.95. The van der Waals surface area contributed by atoms with Crippen LogP contribution in [0.3, 0.4) is 0 Å². The lowest BCUT2D eigenvalue weighted by atomic mass is 10.3. The van der Waals surface area contributed by atoms with E-state index in [1.54, 1.807) is 6.20 Å². The Kier molecular flexibility index (Phi) is 4.46. The van der Waals surface area contributed by atoms with Gasteiger partial charge in [0.15, 0.2) is 5.82 Å². The molecule has 0 saturated carbocycles. The lowest BCUT2D eigenvalue weighted by Crippen LogP contribution is -2.12. The number of aryl methyl sites for hydroxylation is 1. The fourth-order valence-electron chi connectivity index (χ4n) is 1.58. The number of hydrogen-bond donors (Lipinski definition) is 1. The maximum absolute atomic E-state index is 5.64. The summed E-state index contributed by atoms with van der Waals surface area (Å²) in [7, 11) is 1.92. The lowest BCUT2D eigenvalue weighted by molar-refractivity contribution is 0.289. The molecule has 6 heteroatoms. The molecule has 2 rings (SSSR count). The number of pyridine rings is 1. The van der Waals surface area contributed by atoms with Crippen LogP contribution in [0, 0.1) is 6.92 Å². The van der Waals surface area contributed by atoms with Gasteiger partial charge in [-0.3, -0.25) is 4.98 Å². The van der Waals surface area contributed by atoms with E-state index in [2.05, 4.69) is 27.4 Å². The zero-order valence-electron chi connectivity index (χ0n) is 11.6. The average molecular weight is 261 g/mol. The maximum atomic E-state index is 5.64. The predicted molar refractivity (Wildman–Crippen MR) is 71.7 cm³/mol. The number of hydrogen-bond acceptors (Lipinski definition) is 5. The monoisotopic (exact) mass is 261 g/mol. The number of ether oxygens (including phenoxy) is 1. The van der Waals surface area contributed by atoms with Crippen molar-refractivity contribution < 1.29 is 4.74 Å². The van der Waals surface area contributed by atoms with E-state index >= 15 is 0 Å². The summed E-state index contributed by atoms with van der Waals surface area (Å²) < 4.78 is 7.55. The highest BCUT2D eigenvalue weighted by Crippen LogP contribution is 2.11. The Morgan fingerprint density at radius 2 is 2.16 bits per heavy atom. The Morgan fingerprint density at radius 3 is 2.74 bits per heavy atom. The highest BCUT2D eigenvalue weighted by Gasteiger charge is 2.05. The van der Waals surface area contributed by atoms with E-state index < -0.39 is 0 Å². The topological polar surface area (TPSA) is 64.9 Å². The van der Waals surface area contributed by atoms with E-state index in [4.69, 9.17) is 4.74 Å².